The Kier molecular flexibility index (Phi) is 5.84. The maximum atomic E-state index is 12.3. The third-order valence-corrected chi connectivity index (χ3v) is 4.58. The largest absolute Gasteiger partial charge is 0.367 e. The zero-order chi connectivity index (χ0) is 18.4. The Balaban J connectivity index is 1.40. The van der Waals surface area contributed by atoms with Crippen LogP contribution in [0.4, 0.5) is 5.69 Å². The maximum absolute atomic E-state index is 12.3. The van der Waals surface area contributed by atoms with E-state index in [0.29, 0.717) is 31.6 Å². The molecule has 1 fully saturated rings. The Hall–Kier alpha value is -2.89. The summed E-state index contributed by atoms with van der Waals surface area (Å²) < 4.78 is 0. The lowest BCUT2D eigenvalue weighted by Gasteiger charge is -2.36. The highest BCUT2D eigenvalue weighted by Gasteiger charge is 2.21. The molecular weight excluding hydrogens is 328 g/mol. The molecule has 1 aromatic heterocycles. The number of benzene rings is 1. The molecule has 2 amide bonds. The zero-order valence-electron chi connectivity index (χ0n) is 15.0. The lowest BCUT2D eigenvalue weighted by molar-refractivity contribution is -0.131. The Bertz CT molecular complexity index is 738. The molecule has 6 heteroatoms. The number of carbonyl (C=O) groups excluding carboxylic acids is 2. The summed E-state index contributed by atoms with van der Waals surface area (Å²) in [5, 5.41) is 2.82. The lowest BCUT2D eigenvalue weighted by atomic mass is 10.1. The summed E-state index contributed by atoms with van der Waals surface area (Å²) >= 11 is 0. The molecule has 1 aliphatic heterocycles. The van der Waals surface area contributed by atoms with E-state index in [9.17, 15) is 9.59 Å². The number of amides is 2. The van der Waals surface area contributed by atoms with Crippen molar-refractivity contribution in [2.45, 2.75) is 13.3 Å². The first kappa shape index (κ1) is 17.9. The van der Waals surface area contributed by atoms with Crippen LogP contribution in [0.1, 0.15) is 22.3 Å². The second-order valence-electron chi connectivity index (χ2n) is 6.45. The van der Waals surface area contributed by atoms with E-state index in [1.165, 1.54) is 0 Å². The van der Waals surface area contributed by atoms with Gasteiger partial charge in [0.25, 0.3) is 5.91 Å². The smallest absolute Gasteiger partial charge is 0.251 e. The predicted molar refractivity (Wildman–Crippen MR) is 101 cm³/mol. The fourth-order valence-electron chi connectivity index (χ4n) is 3.00. The summed E-state index contributed by atoms with van der Waals surface area (Å²) in [6, 6.07) is 11.4. The number of nitrogens with zero attached hydrogens (tertiary/aromatic N) is 3. The van der Waals surface area contributed by atoms with Gasteiger partial charge in [-0.05, 0) is 31.2 Å². The van der Waals surface area contributed by atoms with Crippen molar-refractivity contribution in [2.24, 2.45) is 0 Å². The van der Waals surface area contributed by atoms with Gasteiger partial charge in [0.15, 0.2) is 0 Å². The minimum Gasteiger partial charge on any atom is -0.367 e. The topological polar surface area (TPSA) is 65.5 Å². The number of piperazine rings is 1. The number of carbonyl (C=O) groups is 2. The van der Waals surface area contributed by atoms with Gasteiger partial charge >= 0.3 is 0 Å². The summed E-state index contributed by atoms with van der Waals surface area (Å²) in [5.41, 5.74) is 2.82. The van der Waals surface area contributed by atoms with Gasteiger partial charge in [0, 0.05) is 50.9 Å². The van der Waals surface area contributed by atoms with Crippen LogP contribution in [-0.4, -0.2) is 54.4 Å². The van der Waals surface area contributed by atoms with E-state index in [-0.39, 0.29) is 11.8 Å². The van der Waals surface area contributed by atoms with Gasteiger partial charge in [0.05, 0.1) is 11.9 Å². The molecule has 1 N–H and O–H groups in total. The third kappa shape index (κ3) is 4.59. The summed E-state index contributed by atoms with van der Waals surface area (Å²) in [5.74, 6) is -0.0563. The van der Waals surface area contributed by atoms with Crippen LogP contribution < -0.4 is 10.2 Å². The molecule has 1 aromatic carbocycles. The fraction of sp³-hybridized carbons (Fsp3) is 0.350. The van der Waals surface area contributed by atoms with E-state index >= 15 is 0 Å². The molecule has 0 radical (unpaired) electrons. The number of rotatable bonds is 5. The van der Waals surface area contributed by atoms with E-state index < -0.39 is 0 Å². The zero-order valence-corrected chi connectivity index (χ0v) is 15.0. The summed E-state index contributed by atoms with van der Waals surface area (Å²) in [7, 11) is 0. The van der Waals surface area contributed by atoms with Crippen LogP contribution in [0.2, 0.25) is 0 Å². The molecule has 3 rings (SSSR count). The fourth-order valence-corrected chi connectivity index (χ4v) is 3.00. The van der Waals surface area contributed by atoms with Gasteiger partial charge < -0.3 is 15.1 Å². The molecule has 136 valence electrons. The Labute approximate surface area is 153 Å². The van der Waals surface area contributed by atoms with Crippen LogP contribution in [0, 0.1) is 6.92 Å². The molecule has 0 atom stereocenters. The van der Waals surface area contributed by atoms with Crippen LogP contribution in [0.25, 0.3) is 0 Å². The lowest BCUT2D eigenvalue weighted by Crippen LogP contribution is -2.49. The van der Waals surface area contributed by atoms with Gasteiger partial charge in [-0.15, -0.1) is 0 Å². The number of aromatic nitrogens is 1. The molecule has 26 heavy (non-hydrogen) atoms. The van der Waals surface area contributed by atoms with Gasteiger partial charge in [-0.2, -0.15) is 0 Å². The van der Waals surface area contributed by atoms with Crippen LogP contribution in [0.3, 0.4) is 0 Å². The average Bonchev–Trinajstić information content (AvgIpc) is 2.69. The van der Waals surface area contributed by atoms with Gasteiger partial charge in [-0.1, -0.05) is 17.7 Å². The van der Waals surface area contributed by atoms with Crippen molar-refractivity contribution in [1.82, 2.24) is 15.2 Å². The summed E-state index contributed by atoms with van der Waals surface area (Å²) in [6.45, 7) is 5.32. The molecule has 2 aromatic rings. The number of hydrogen-bond donors (Lipinski definition) is 1. The molecule has 0 saturated carbocycles. The molecule has 1 aliphatic rings. The van der Waals surface area contributed by atoms with Crippen molar-refractivity contribution >= 4 is 17.5 Å². The first-order valence-electron chi connectivity index (χ1n) is 8.91. The van der Waals surface area contributed by atoms with Gasteiger partial charge in [-0.25, -0.2) is 0 Å². The summed E-state index contributed by atoms with van der Waals surface area (Å²) in [4.78, 5) is 32.6. The molecule has 6 nitrogen and oxygen atoms in total. The van der Waals surface area contributed by atoms with Crippen LogP contribution >= 0.6 is 0 Å². The Morgan fingerprint density at radius 1 is 1.08 bits per heavy atom. The molecular formula is C20H24N4O2. The highest BCUT2D eigenvalue weighted by molar-refractivity contribution is 5.94. The normalized spacial score (nSPS) is 14.2. The molecule has 0 unspecified atom stereocenters. The van der Waals surface area contributed by atoms with E-state index in [1.54, 1.807) is 18.3 Å². The van der Waals surface area contributed by atoms with Crippen LogP contribution in [0.5, 0.6) is 0 Å². The second kappa shape index (κ2) is 8.47. The van der Waals surface area contributed by atoms with E-state index in [2.05, 4.69) is 15.2 Å². The highest BCUT2D eigenvalue weighted by Crippen LogP contribution is 2.14. The maximum Gasteiger partial charge on any atom is 0.251 e. The quantitative estimate of drug-likeness (QED) is 0.892. The number of pyridine rings is 1. The number of nitrogens with one attached hydrogen (secondary N) is 1. The van der Waals surface area contributed by atoms with Crippen molar-refractivity contribution in [3.63, 3.8) is 0 Å². The number of hydrogen-bond acceptors (Lipinski definition) is 4. The minimum absolute atomic E-state index is 0.0834. The van der Waals surface area contributed by atoms with Crippen LogP contribution in [0.15, 0.2) is 48.8 Å². The van der Waals surface area contributed by atoms with Crippen molar-refractivity contribution in [3.05, 3.63) is 59.9 Å². The van der Waals surface area contributed by atoms with Crippen molar-refractivity contribution in [1.29, 1.82) is 0 Å². The highest BCUT2D eigenvalue weighted by atomic mass is 16.2. The molecule has 0 aliphatic carbocycles. The monoisotopic (exact) mass is 352 g/mol. The van der Waals surface area contributed by atoms with Gasteiger partial charge in [0.1, 0.15) is 0 Å². The van der Waals surface area contributed by atoms with Crippen molar-refractivity contribution in [2.75, 3.05) is 37.6 Å². The van der Waals surface area contributed by atoms with Gasteiger partial charge in [-0.3, -0.25) is 14.6 Å². The average molecular weight is 352 g/mol. The van der Waals surface area contributed by atoms with E-state index in [4.69, 9.17) is 0 Å². The Morgan fingerprint density at radius 2 is 1.81 bits per heavy atom. The predicted octanol–water partition coefficient (Wildman–Crippen LogP) is 1.86. The van der Waals surface area contributed by atoms with Crippen LogP contribution in [-0.2, 0) is 4.79 Å². The number of anilines is 1. The first-order chi connectivity index (χ1) is 12.6. The summed E-state index contributed by atoms with van der Waals surface area (Å²) in [6.07, 6.45) is 3.93. The van der Waals surface area contributed by atoms with E-state index in [1.807, 2.05) is 42.3 Å². The van der Waals surface area contributed by atoms with Gasteiger partial charge in [0.2, 0.25) is 5.91 Å². The molecule has 2 heterocycles. The first-order valence-corrected chi connectivity index (χ1v) is 8.91. The molecule has 1 saturated heterocycles. The standard InChI is InChI=1S/C20H24N4O2/c1-16-4-6-17(7-5-16)20(26)22-10-8-19(25)24-13-11-23(12-14-24)18-3-2-9-21-15-18/h2-7,9,15H,8,10-14H2,1H3,(H,22,26). The second-order valence-corrected chi connectivity index (χ2v) is 6.45. The molecule has 0 bridgehead atoms. The molecule has 0 spiro atoms. The Morgan fingerprint density at radius 3 is 2.46 bits per heavy atom. The van der Waals surface area contributed by atoms with Crippen molar-refractivity contribution in [3.8, 4) is 0 Å². The minimum atomic E-state index is -0.140. The van der Waals surface area contributed by atoms with E-state index in [0.717, 1.165) is 24.3 Å². The van der Waals surface area contributed by atoms with Crippen molar-refractivity contribution < 1.29 is 9.59 Å². The third-order valence-electron chi connectivity index (χ3n) is 4.58. The SMILES string of the molecule is Cc1ccc(C(=O)NCCC(=O)N2CCN(c3cccnc3)CC2)cc1. The number of aryl methyl sites for hydroxylation is 1.